The summed E-state index contributed by atoms with van der Waals surface area (Å²) in [6.45, 7) is 3.31. The highest BCUT2D eigenvalue weighted by Crippen LogP contribution is 2.33. The van der Waals surface area contributed by atoms with Gasteiger partial charge in [0, 0.05) is 38.0 Å². The molecule has 0 fully saturated rings. The van der Waals surface area contributed by atoms with Crippen molar-refractivity contribution in [3.8, 4) is 11.5 Å². The van der Waals surface area contributed by atoms with Gasteiger partial charge in [0.2, 0.25) is 5.91 Å². The second-order valence-corrected chi connectivity index (χ2v) is 6.81. The molecule has 25 heavy (non-hydrogen) atoms. The zero-order chi connectivity index (χ0) is 17.8. The van der Waals surface area contributed by atoms with Crippen molar-refractivity contribution in [2.24, 2.45) is 11.8 Å². The van der Waals surface area contributed by atoms with Crippen LogP contribution in [0.1, 0.15) is 19.8 Å². The van der Waals surface area contributed by atoms with Gasteiger partial charge in [-0.3, -0.25) is 4.79 Å². The van der Waals surface area contributed by atoms with Gasteiger partial charge in [0.05, 0.1) is 0 Å². The lowest BCUT2D eigenvalue weighted by atomic mass is 9.85. The molecule has 1 aromatic rings. The van der Waals surface area contributed by atoms with Crippen molar-refractivity contribution in [2.75, 3.05) is 32.6 Å². The monoisotopic (exact) mass is 342 g/mol. The van der Waals surface area contributed by atoms with E-state index in [1.165, 1.54) is 5.70 Å². The molecule has 0 bridgehead atoms. The Balaban J connectivity index is 1.51. The van der Waals surface area contributed by atoms with Crippen LogP contribution in [0.3, 0.4) is 0 Å². The van der Waals surface area contributed by atoms with E-state index in [1.807, 2.05) is 32.3 Å². The van der Waals surface area contributed by atoms with Gasteiger partial charge in [0.1, 0.15) is 13.2 Å². The molecule has 1 aromatic carbocycles. The van der Waals surface area contributed by atoms with Crippen LogP contribution in [-0.4, -0.2) is 38.1 Å². The number of hydrogen-bond acceptors (Lipinski definition) is 4. The SMILES string of the molecule is CC1C=C(N(C)C)C=CC1CCC(=O)Nc1ccc2c(c1)OCCO2. The number of nitrogens with one attached hydrogen (secondary N) is 1. The number of nitrogens with zero attached hydrogens (tertiary/aromatic N) is 1. The highest BCUT2D eigenvalue weighted by Gasteiger charge is 2.19. The van der Waals surface area contributed by atoms with Gasteiger partial charge in [-0.25, -0.2) is 0 Å². The summed E-state index contributed by atoms with van der Waals surface area (Å²) < 4.78 is 11.0. The fourth-order valence-corrected chi connectivity index (χ4v) is 3.15. The second kappa shape index (κ2) is 7.64. The number of carbonyl (C=O) groups is 1. The summed E-state index contributed by atoms with van der Waals surface area (Å²) in [4.78, 5) is 14.4. The number of allylic oxidation sites excluding steroid dienone is 3. The third kappa shape index (κ3) is 4.35. The minimum atomic E-state index is 0.0275. The lowest BCUT2D eigenvalue weighted by Gasteiger charge is -2.26. The summed E-state index contributed by atoms with van der Waals surface area (Å²) in [6.07, 6.45) is 7.97. The van der Waals surface area contributed by atoms with Crippen LogP contribution in [0.25, 0.3) is 0 Å². The standard InChI is InChI=1S/C20H26N2O3/c1-14-12-17(22(2)3)7-4-15(14)5-9-20(23)21-16-6-8-18-19(13-16)25-11-10-24-18/h4,6-8,12-15H,5,9-11H2,1-3H3,(H,21,23). The number of hydrogen-bond donors (Lipinski definition) is 1. The minimum Gasteiger partial charge on any atom is -0.486 e. The van der Waals surface area contributed by atoms with Crippen molar-refractivity contribution in [3.05, 3.63) is 42.1 Å². The van der Waals surface area contributed by atoms with Gasteiger partial charge < -0.3 is 19.7 Å². The lowest BCUT2D eigenvalue weighted by molar-refractivity contribution is -0.116. The van der Waals surface area contributed by atoms with Crippen LogP contribution in [0.5, 0.6) is 11.5 Å². The number of anilines is 1. The molecule has 1 aliphatic carbocycles. The molecule has 1 aliphatic heterocycles. The number of likely N-dealkylation sites (N-methyl/N-ethyl adjacent to an activating group) is 1. The van der Waals surface area contributed by atoms with E-state index in [2.05, 4.69) is 35.4 Å². The molecule has 1 amide bonds. The molecular weight excluding hydrogens is 316 g/mol. The number of amides is 1. The van der Waals surface area contributed by atoms with Crippen molar-refractivity contribution in [1.82, 2.24) is 4.90 Å². The molecule has 1 N–H and O–H groups in total. The molecule has 5 heteroatoms. The molecule has 2 atom stereocenters. The molecule has 2 unspecified atom stereocenters. The van der Waals surface area contributed by atoms with Gasteiger partial charge >= 0.3 is 0 Å². The first kappa shape index (κ1) is 17.4. The van der Waals surface area contributed by atoms with E-state index in [0.717, 1.165) is 17.9 Å². The van der Waals surface area contributed by atoms with Crippen LogP contribution in [0, 0.1) is 11.8 Å². The van der Waals surface area contributed by atoms with E-state index >= 15 is 0 Å². The second-order valence-electron chi connectivity index (χ2n) is 6.81. The predicted molar refractivity (Wildman–Crippen MR) is 98.9 cm³/mol. The van der Waals surface area contributed by atoms with E-state index in [1.54, 1.807) is 0 Å². The van der Waals surface area contributed by atoms with Crippen LogP contribution in [0.15, 0.2) is 42.1 Å². The van der Waals surface area contributed by atoms with Crippen molar-refractivity contribution < 1.29 is 14.3 Å². The van der Waals surface area contributed by atoms with Crippen molar-refractivity contribution in [3.63, 3.8) is 0 Å². The Bertz CT molecular complexity index is 694. The molecule has 0 radical (unpaired) electrons. The Kier molecular flexibility index (Phi) is 5.31. The Hall–Kier alpha value is -2.43. The molecule has 0 saturated carbocycles. The molecule has 134 valence electrons. The summed E-state index contributed by atoms with van der Waals surface area (Å²) in [6, 6.07) is 5.51. The fourth-order valence-electron chi connectivity index (χ4n) is 3.15. The largest absolute Gasteiger partial charge is 0.486 e. The maximum Gasteiger partial charge on any atom is 0.224 e. The first-order chi connectivity index (χ1) is 12.0. The van der Waals surface area contributed by atoms with Crippen molar-refractivity contribution >= 4 is 11.6 Å². The van der Waals surface area contributed by atoms with Gasteiger partial charge in [-0.15, -0.1) is 0 Å². The van der Waals surface area contributed by atoms with E-state index in [4.69, 9.17) is 9.47 Å². The average Bonchev–Trinajstić information content (AvgIpc) is 2.60. The number of rotatable bonds is 5. The van der Waals surface area contributed by atoms with Crippen molar-refractivity contribution in [2.45, 2.75) is 19.8 Å². The van der Waals surface area contributed by atoms with Crippen LogP contribution < -0.4 is 14.8 Å². The molecular formula is C20H26N2O3. The molecule has 2 aliphatic rings. The third-order valence-electron chi connectivity index (χ3n) is 4.67. The van der Waals surface area contributed by atoms with Crippen LogP contribution in [0.2, 0.25) is 0 Å². The quantitative estimate of drug-likeness (QED) is 0.890. The van der Waals surface area contributed by atoms with Gasteiger partial charge in [-0.2, -0.15) is 0 Å². The number of ether oxygens (including phenoxy) is 2. The van der Waals surface area contributed by atoms with E-state index in [0.29, 0.717) is 37.2 Å². The fraction of sp³-hybridized carbons (Fsp3) is 0.450. The molecule has 0 saturated heterocycles. The summed E-state index contributed by atoms with van der Waals surface area (Å²) in [5.74, 6) is 2.28. The minimum absolute atomic E-state index is 0.0275. The number of benzene rings is 1. The third-order valence-corrected chi connectivity index (χ3v) is 4.67. The lowest BCUT2D eigenvalue weighted by Crippen LogP contribution is -2.20. The highest BCUT2D eigenvalue weighted by atomic mass is 16.6. The maximum atomic E-state index is 12.3. The van der Waals surface area contributed by atoms with Crippen molar-refractivity contribution in [1.29, 1.82) is 0 Å². The maximum absolute atomic E-state index is 12.3. The predicted octanol–water partition coefficient (Wildman–Crippen LogP) is 3.44. The smallest absolute Gasteiger partial charge is 0.224 e. The highest BCUT2D eigenvalue weighted by molar-refractivity contribution is 5.91. The average molecular weight is 342 g/mol. The number of carbonyl (C=O) groups excluding carboxylic acids is 1. The Morgan fingerprint density at radius 2 is 2.00 bits per heavy atom. The van der Waals surface area contributed by atoms with Crippen LogP contribution >= 0.6 is 0 Å². The normalized spacial score (nSPS) is 21.5. The van der Waals surface area contributed by atoms with Crippen LogP contribution in [-0.2, 0) is 4.79 Å². The Morgan fingerprint density at radius 3 is 2.72 bits per heavy atom. The number of fused-ring (bicyclic) bond motifs is 1. The van der Waals surface area contributed by atoms with Gasteiger partial charge in [0.15, 0.2) is 11.5 Å². The topological polar surface area (TPSA) is 50.8 Å². The zero-order valence-corrected chi connectivity index (χ0v) is 15.1. The molecule has 3 rings (SSSR count). The summed E-state index contributed by atoms with van der Waals surface area (Å²) in [5, 5.41) is 2.95. The van der Waals surface area contributed by atoms with Crippen LogP contribution in [0.4, 0.5) is 5.69 Å². The first-order valence-electron chi connectivity index (χ1n) is 8.80. The first-order valence-corrected chi connectivity index (χ1v) is 8.80. The summed E-state index contributed by atoms with van der Waals surface area (Å²) in [7, 11) is 4.09. The summed E-state index contributed by atoms with van der Waals surface area (Å²) >= 11 is 0. The molecule has 0 aromatic heterocycles. The molecule has 1 heterocycles. The Morgan fingerprint density at radius 1 is 1.24 bits per heavy atom. The summed E-state index contributed by atoms with van der Waals surface area (Å²) in [5.41, 5.74) is 1.97. The van der Waals surface area contributed by atoms with E-state index in [-0.39, 0.29) is 5.91 Å². The van der Waals surface area contributed by atoms with E-state index in [9.17, 15) is 4.79 Å². The Labute approximate surface area is 149 Å². The van der Waals surface area contributed by atoms with Gasteiger partial charge in [-0.1, -0.05) is 19.1 Å². The zero-order valence-electron chi connectivity index (χ0n) is 15.1. The molecule has 5 nitrogen and oxygen atoms in total. The van der Waals surface area contributed by atoms with Gasteiger partial charge in [0.25, 0.3) is 0 Å². The van der Waals surface area contributed by atoms with Gasteiger partial charge in [-0.05, 0) is 36.5 Å². The molecule has 0 spiro atoms. The van der Waals surface area contributed by atoms with E-state index < -0.39 is 0 Å².